The third kappa shape index (κ3) is 6.96. The largest absolute Gasteiger partial charge is 0.480 e. The molecule has 1 aliphatic heterocycles. The van der Waals surface area contributed by atoms with Crippen molar-refractivity contribution >= 4 is 36.8 Å². The van der Waals surface area contributed by atoms with E-state index in [1.807, 2.05) is 102 Å². The summed E-state index contributed by atoms with van der Waals surface area (Å²) in [4.78, 5) is 46.7. The molecule has 10 nitrogen and oxygen atoms in total. The maximum atomic E-state index is 13.6. The quantitative estimate of drug-likeness (QED) is 0.309. The molecule has 0 spiro atoms. The Morgan fingerprint density at radius 1 is 0.905 bits per heavy atom. The zero-order valence-electron chi connectivity index (χ0n) is 25.7. The molecule has 1 saturated heterocycles. The molecule has 2 amide bonds. The third-order valence-corrected chi connectivity index (χ3v) is 13.3. The van der Waals surface area contributed by atoms with Crippen LogP contribution in [0, 0.1) is 0 Å². The first-order valence-electron chi connectivity index (χ1n) is 14.3. The van der Waals surface area contributed by atoms with Gasteiger partial charge in [-0.05, 0) is 55.9 Å². The summed E-state index contributed by atoms with van der Waals surface area (Å²) in [6.45, 7) is 12.8. The van der Waals surface area contributed by atoms with Crippen LogP contribution in [0.15, 0.2) is 60.7 Å². The monoisotopic (exact) mass is 599 g/mol. The van der Waals surface area contributed by atoms with Crippen molar-refractivity contribution in [2.75, 3.05) is 19.7 Å². The number of aliphatic hydroxyl groups is 1. The molecule has 3 N–H and O–H groups in total. The normalized spacial score (nSPS) is 16.5. The second-order valence-corrected chi connectivity index (χ2v) is 17.5. The number of hydroxylamine groups is 1. The van der Waals surface area contributed by atoms with E-state index in [1.165, 1.54) is 11.7 Å². The Hall–Kier alpha value is -3.41. The summed E-state index contributed by atoms with van der Waals surface area (Å²) in [7, 11) is -3.54. The fraction of sp³-hybridized carbons (Fsp3) is 0.516. The van der Waals surface area contributed by atoms with Gasteiger partial charge in [0.1, 0.15) is 5.60 Å². The van der Waals surface area contributed by atoms with Gasteiger partial charge in [0.2, 0.25) is 8.24 Å². The molecule has 1 fully saturated rings. The van der Waals surface area contributed by atoms with Crippen LogP contribution in [0.3, 0.4) is 0 Å². The van der Waals surface area contributed by atoms with E-state index in [1.54, 1.807) is 4.90 Å². The highest BCUT2D eigenvalue weighted by Crippen LogP contribution is 2.41. The van der Waals surface area contributed by atoms with Gasteiger partial charge in [0.15, 0.2) is 5.54 Å². The molecule has 1 heterocycles. The Morgan fingerprint density at radius 3 is 1.76 bits per heavy atom. The van der Waals surface area contributed by atoms with E-state index in [-0.39, 0.29) is 6.04 Å². The lowest BCUT2D eigenvalue weighted by atomic mass is 10.1. The highest BCUT2D eigenvalue weighted by Gasteiger charge is 2.62. The average Bonchev–Trinajstić information content (AvgIpc) is 2.92. The van der Waals surface area contributed by atoms with Crippen LogP contribution in [0.25, 0.3) is 0 Å². The summed E-state index contributed by atoms with van der Waals surface area (Å²) >= 11 is 0. The number of amides is 2. The molecule has 0 bridgehead atoms. The van der Waals surface area contributed by atoms with Crippen LogP contribution in [0.2, 0.25) is 5.04 Å². The Balaban J connectivity index is 2.01. The van der Waals surface area contributed by atoms with Crippen molar-refractivity contribution in [2.24, 2.45) is 0 Å². The highest BCUT2D eigenvalue weighted by atomic mass is 28.3. The average molecular weight is 600 g/mol. The van der Waals surface area contributed by atoms with E-state index in [9.17, 15) is 24.6 Å². The second kappa shape index (κ2) is 12.8. The van der Waals surface area contributed by atoms with Crippen molar-refractivity contribution in [2.45, 2.75) is 83.5 Å². The number of aliphatic hydroxyl groups excluding tert-OH is 1. The maximum Gasteiger partial charge on any atom is 0.425 e. The SMILES string of the molecule is CC(C)(C)OC(=O)N1CCC(NC(=O)ON([C@@](C)(CO)C(=O)O)[Si](c2ccccc2)(c2ccccc2)C(C)(C)C)CC1. The lowest BCUT2D eigenvalue weighted by Crippen LogP contribution is -2.81. The Bertz CT molecular complexity index is 1180. The van der Waals surface area contributed by atoms with Crippen molar-refractivity contribution in [3.63, 3.8) is 0 Å². The van der Waals surface area contributed by atoms with E-state index in [4.69, 9.17) is 9.57 Å². The minimum atomic E-state index is -3.54. The highest BCUT2D eigenvalue weighted by molar-refractivity contribution is 7.02. The molecule has 0 aromatic heterocycles. The lowest BCUT2D eigenvalue weighted by molar-refractivity contribution is -0.173. The number of rotatable bonds is 8. The zero-order valence-corrected chi connectivity index (χ0v) is 26.7. The molecule has 2 aromatic rings. The number of ether oxygens (including phenoxy) is 1. The summed E-state index contributed by atoms with van der Waals surface area (Å²) in [5, 5.41) is 25.0. The topological polar surface area (TPSA) is 129 Å². The van der Waals surface area contributed by atoms with E-state index < -0.39 is 49.2 Å². The predicted octanol–water partition coefficient (Wildman–Crippen LogP) is 3.72. The van der Waals surface area contributed by atoms with E-state index >= 15 is 0 Å². The Morgan fingerprint density at radius 2 is 1.38 bits per heavy atom. The summed E-state index contributed by atoms with van der Waals surface area (Å²) in [5.41, 5.74) is -2.58. The molecule has 0 saturated carbocycles. The number of carboxylic acids is 1. The number of benzene rings is 2. The number of carbonyl (C=O) groups is 3. The number of hydrogen-bond donors (Lipinski definition) is 3. The Labute approximate surface area is 249 Å². The van der Waals surface area contributed by atoms with E-state index in [2.05, 4.69) is 5.32 Å². The van der Waals surface area contributed by atoms with Crippen LogP contribution in [-0.2, 0) is 14.4 Å². The van der Waals surface area contributed by atoms with Gasteiger partial charge in [-0.1, -0.05) is 81.4 Å². The fourth-order valence-corrected chi connectivity index (χ4v) is 11.1. The van der Waals surface area contributed by atoms with Gasteiger partial charge in [-0.2, -0.15) is 0 Å². The first-order chi connectivity index (χ1) is 19.6. The van der Waals surface area contributed by atoms with Gasteiger partial charge in [-0.15, -0.1) is 4.73 Å². The minimum absolute atomic E-state index is 0.303. The molecule has 1 aliphatic rings. The van der Waals surface area contributed by atoms with Gasteiger partial charge < -0.3 is 30.0 Å². The van der Waals surface area contributed by atoms with Gasteiger partial charge in [0, 0.05) is 19.1 Å². The summed E-state index contributed by atoms with van der Waals surface area (Å²) in [6.07, 6.45) is -0.269. The number of likely N-dealkylation sites (tertiary alicyclic amines) is 1. The number of hydrogen-bond acceptors (Lipinski definition) is 7. The summed E-state index contributed by atoms with van der Waals surface area (Å²) < 4.78 is 6.76. The standard InChI is InChI=1S/C31H45N3O7Si/c1-29(2,3)40-28(39)33-20-18-23(19-21-33)32-27(38)41-34(31(7,22-35)26(36)37)42(30(4,5)6,24-14-10-8-11-15-24)25-16-12-9-13-17-25/h8-17,23,35H,18-22H2,1-7H3,(H,32,38)(H,36,37)/t31-/m0/s1. The number of carboxylic acid groups (broad SMARTS) is 1. The fourth-order valence-electron chi connectivity index (χ4n) is 5.50. The third-order valence-electron chi connectivity index (χ3n) is 7.63. The summed E-state index contributed by atoms with van der Waals surface area (Å²) in [5.74, 6) is -1.32. The lowest BCUT2D eigenvalue weighted by Gasteiger charge is -2.53. The molecular weight excluding hydrogens is 554 g/mol. The number of nitrogens with one attached hydrogen (secondary N) is 1. The first kappa shape index (κ1) is 33.1. The second-order valence-electron chi connectivity index (χ2n) is 13.0. The number of piperidine rings is 1. The number of aliphatic carboxylic acids is 1. The van der Waals surface area contributed by atoms with Crippen molar-refractivity contribution in [3.05, 3.63) is 60.7 Å². The minimum Gasteiger partial charge on any atom is -0.480 e. The molecular formula is C31H45N3O7Si. The van der Waals surface area contributed by atoms with E-state index in [0.29, 0.717) is 25.9 Å². The van der Waals surface area contributed by atoms with Gasteiger partial charge >= 0.3 is 18.2 Å². The van der Waals surface area contributed by atoms with Crippen molar-refractivity contribution in [1.29, 1.82) is 0 Å². The molecule has 0 radical (unpaired) electrons. The van der Waals surface area contributed by atoms with Gasteiger partial charge in [0.05, 0.1) is 6.61 Å². The van der Waals surface area contributed by atoms with Gasteiger partial charge in [0.25, 0.3) is 0 Å². The zero-order chi connectivity index (χ0) is 31.3. The molecule has 11 heteroatoms. The van der Waals surface area contributed by atoms with Gasteiger partial charge in [-0.25, -0.2) is 9.59 Å². The van der Waals surface area contributed by atoms with Gasteiger partial charge in [-0.3, -0.25) is 4.79 Å². The first-order valence-corrected chi connectivity index (χ1v) is 16.2. The predicted molar refractivity (Wildman–Crippen MR) is 163 cm³/mol. The molecule has 1 atom stereocenters. The number of carbonyl (C=O) groups excluding carboxylic acids is 2. The van der Waals surface area contributed by atoms with Crippen molar-refractivity contribution in [1.82, 2.24) is 14.9 Å². The molecule has 3 rings (SSSR count). The van der Waals surface area contributed by atoms with Crippen molar-refractivity contribution in [3.8, 4) is 0 Å². The van der Waals surface area contributed by atoms with Crippen LogP contribution in [-0.4, -0.2) is 83.1 Å². The maximum absolute atomic E-state index is 13.6. The smallest absolute Gasteiger partial charge is 0.425 e. The van der Waals surface area contributed by atoms with Crippen LogP contribution in [0.1, 0.15) is 61.3 Å². The molecule has 2 aromatic carbocycles. The molecule has 230 valence electrons. The number of nitrogens with zero attached hydrogens (tertiary/aromatic N) is 2. The van der Waals surface area contributed by atoms with Crippen molar-refractivity contribution < 1.29 is 34.2 Å². The summed E-state index contributed by atoms with van der Waals surface area (Å²) in [6, 6.07) is 18.6. The molecule has 0 unspecified atom stereocenters. The van der Waals surface area contributed by atoms with Crippen LogP contribution < -0.4 is 15.7 Å². The van der Waals surface area contributed by atoms with E-state index in [0.717, 1.165) is 10.4 Å². The van der Waals surface area contributed by atoms with Crippen LogP contribution in [0.5, 0.6) is 0 Å². The Kier molecular flexibility index (Phi) is 10.1. The molecule has 0 aliphatic carbocycles. The molecule has 42 heavy (non-hydrogen) atoms. The van der Waals surface area contributed by atoms with Crippen LogP contribution in [0.4, 0.5) is 9.59 Å². The van der Waals surface area contributed by atoms with Crippen LogP contribution >= 0.6 is 0 Å².